The molecular weight excluding hydrogens is 345 g/mol. The van der Waals surface area contributed by atoms with Gasteiger partial charge < -0.3 is 15.0 Å². The van der Waals surface area contributed by atoms with Crippen LogP contribution in [-0.4, -0.2) is 69.3 Å². The van der Waals surface area contributed by atoms with E-state index in [4.69, 9.17) is 16.3 Å². The van der Waals surface area contributed by atoms with Gasteiger partial charge in [-0.3, -0.25) is 4.90 Å². The van der Waals surface area contributed by atoms with Crippen molar-refractivity contribution in [3.05, 3.63) is 29.3 Å². The van der Waals surface area contributed by atoms with Crippen molar-refractivity contribution in [3.8, 4) is 5.75 Å². The molecule has 1 N–H and O–H groups in total. The molecule has 1 aromatic rings. The van der Waals surface area contributed by atoms with E-state index in [1.54, 1.807) is 0 Å². The Bertz CT molecular complexity index is 403. The Hall–Kier alpha value is -0.230. The molecule has 1 saturated heterocycles. The van der Waals surface area contributed by atoms with Crippen molar-refractivity contribution in [2.45, 2.75) is 0 Å². The van der Waals surface area contributed by atoms with Crippen LogP contribution in [-0.2, 0) is 0 Å². The minimum Gasteiger partial charge on any atom is -0.492 e. The summed E-state index contributed by atoms with van der Waals surface area (Å²) in [5.41, 5.74) is 0. The molecule has 0 radical (unpaired) electrons. The fraction of sp³-hybridized carbons (Fsp3) is 0.600. The quantitative estimate of drug-likeness (QED) is 0.797. The fourth-order valence-corrected chi connectivity index (χ4v) is 2.42. The molecule has 0 bridgehead atoms. The Morgan fingerprint density at radius 3 is 2.64 bits per heavy atom. The average Bonchev–Trinajstić information content (AvgIpc) is 2.46. The number of piperazine rings is 1. The third-order valence-corrected chi connectivity index (χ3v) is 3.78. The van der Waals surface area contributed by atoms with Gasteiger partial charge in [0.15, 0.2) is 0 Å². The summed E-state index contributed by atoms with van der Waals surface area (Å²) in [6.07, 6.45) is 0. The predicted molar refractivity (Wildman–Crippen MR) is 98.2 cm³/mol. The molecule has 1 heterocycles. The van der Waals surface area contributed by atoms with Crippen LogP contribution in [0.4, 0.5) is 0 Å². The van der Waals surface area contributed by atoms with Crippen LogP contribution in [0.1, 0.15) is 0 Å². The summed E-state index contributed by atoms with van der Waals surface area (Å²) in [4.78, 5) is 4.82. The molecule has 7 heteroatoms. The maximum absolute atomic E-state index is 5.92. The van der Waals surface area contributed by atoms with Crippen molar-refractivity contribution in [1.29, 1.82) is 0 Å². The molecule has 0 amide bonds. The van der Waals surface area contributed by atoms with Gasteiger partial charge in [0.05, 0.1) is 0 Å². The summed E-state index contributed by atoms with van der Waals surface area (Å²) in [7, 11) is 2.14. The lowest BCUT2D eigenvalue weighted by Crippen LogP contribution is -2.46. The van der Waals surface area contributed by atoms with Crippen LogP contribution in [0.25, 0.3) is 0 Å². The molecule has 4 nitrogen and oxygen atoms in total. The van der Waals surface area contributed by atoms with Crippen LogP contribution in [0.3, 0.4) is 0 Å². The highest BCUT2D eigenvalue weighted by Gasteiger charge is 2.09. The van der Waals surface area contributed by atoms with Gasteiger partial charge in [-0.25, -0.2) is 0 Å². The number of nitrogens with zero attached hydrogens (tertiary/aromatic N) is 2. The van der Waals surface area contributed by atoms with E-state index in [-0.39, 0.29) is 24.8 Å². The summed E-state index contributed by atoms with van der Waals surface area (Å²) < 4.78 is 5.70. The van der Waals surface area contributed by atoms with Crippen LogP contribution in [0, 0.1) is 0 Å². The van der Waals surface area contributed by atoms with Crippen LogP contribution in [0.2, 0.25) is 5.02 Å². The summed E-state index contributed by atoms with van der Waals surface area (Å²) in [5.74, 6) is 0.841. The number of benzene rings is 1. The third kappa shape index (κ3) is 8.42. The van der Waals surface area contributed by atoms with Gasteiger partial charge in [0.1, 0.15) is 12.4 Å². The normalized spacial score (nSPS) is 15.0. The molecule has 1 aromatic carbocycles. The molecule has 0 aromatic heterocycles. The lowest BCUT2D eigenvalue weighted by molar-refractivity contribution is 0.187. The number of hydrogen-bond acceptors (Lipinski definition) is 4. The molecule has 0 spiro atoms. The second kappa shape index (κ2) is 12.2. The van der Waals surface area contributed by atoms with Gasteiger partial charge in [0.2, 0.25) is 0 Å². The molecule has 0 saturated carbocycles. The van der Waals surface area contributed by atoms with Gasteiger partial charge in [-0.05, 0) is 25.2 Å². The van der Waals surface area contributed by atoms with E-state index >= 15 is 0 Å². The molecule has 1 aliphatic rings. The predicted octanol–water partition coefficient (Wildman–Crippen LogP) is 2.40. The van der Waals surface area contributed by atoms with Crippen molar-refractivity contribution in [2.75, 3.05) is 59.5 Å². The number of halogens is 3. The van der Waals surface area contributed by atoms with Crippen LogP contribution in [0.15, 0.2) is 24.3 Å². The molecular formula is C15H26Cl3N3O. The molecule has 1 fully saturated rings. The van der Waals surface area contributed by atoms with Crippen molar-refractivity contribution >= 4 is 36.4 Å². The van der Waals surface area contributed by atoms with Gasteiger partial charge in [0, 0.05) is 50.8 Å². The largest absolute Gasteiger partial charge is 0.492 e. The smallest absolute Gasteiger partial charge is 0.120 e. The standard InChI is InChI=1S/C15H24ClN3O.2ClH/c1-18(9-10-19-7-5-17-6-8-19)11-12-20-15-4-2-3-14(16)13-15;;/h2-4,13,17H,5-12H2,1H3;2*1H. The van der Waals surface area contributed by atoms with E-state index in [0.29, 0.717) is 6.61 Å². The summed E-state index contributed by atoms with van der Waals surface area (Å²) in [5, 5.41) is 4.09. The second-order valence-corrected chi connectivity index (χ2v) is 5.64. The Balaban J connectivity index is 0.00000220. The number of hydrogen-bond donors (Lipinski definition) is 1. The highest BCUT2D eigenvalue weighted by Crippen LogP contribution is 2.16. The number of likely N-dealkylation sites (N-methyl/N-ethyl adjacent to an activating group) is 1. The minimum atomic E-state index is 0. The summed E-state index contributed by atoms with van der Waals surface area (Å²) >= 11 is 5.92. The minimum absolute atomic E-state index is 0. The Kier molecular flexibility index (Phi) is 12.1. The first kappa shape index (κ1) is 21.8. The first-order valence-corrected chi connectivity index (χ1v) is 7.62. The second-order valence-electron chi connectivity index (χ2n) is 5.20. The van der Waals surface area contributed by atoms with Crippen molar-refractivity contribution in [2.24, 2.45) is 0 Å². The van der Waals surface area contributed by atoms with Crippen molar-refractivity contribution in [3.63, 3.8) is 0 Å². The number of rotatable bonds is 7. The highest BCUT2D eigenvalue weighted by molar-refractivity contribution is 6.30. The van der Waals surface area contributed by atoms with E-state index in [1.165, 1.54) is 0 Å². The first-order valence-electron chi connectivity index (χ1n) is 7.24. The van der Waals surface area contributed by atoms with Gasteiger partial charge in [-0.2, -0.15) is 0 Å². The van der Waals surface area contributed by atoms with E-state index in [9.17, 15) is 0 Å². The van der Waals surface area contributed by atoms with Gasteiger partial charge >= 0.3 is 0 Å². The zero-order chi connectivity index (χ0) is 14.2. The van der Waals surface area contributed by atoms with E-state index in [0.717, 1.165) is 56.6 Å². The van der Waals surface area contributed by atoms with Gasteiger partial charge in [0.25, 0.3) is 0 Å². The maximum atomic E-state index is 5.92. The Labute approximate surface area is 151 Å². The fourth-order valence-electron chi connectivity index (χ4n) is 2.23. The van der Waals surface area contributed by atoms with Crippen molar-refractivity contribution < 1.29 is 4.74 Å². The molecule has 0 atom stereocenters. The average molecular weight is 371 g/mol. The van der Waals surface area contributed by atoms with E-state index in [1.807, 2.05) is 24.3 Å². The highest BCUT2D eigenvalue weighted by atomic mass is 35.5. The maximum Gasteiger partial charge on any atom is 0.120 e. The van der Waals surface area contributed by atoms with E-state index in [2.05, 4.69) is 22.2 Å². The Morgan fingerprint density at radius 2 is 1.95 bits per heavy atom. The zero-order valence-electron chi connectivity index (χ0n) is 13.0. The number of ether oxygens (including phenoxy) is 1. The Morgan fingerprint density at radius 1 is 1.23 bits per heavy atom. The van der Waals surface area contributed by atoms with Crippen molar-refractivity contribution in [1.82, 2.24) is 15.1 Å². The van der Waals surface area contributed by atoms with Gasteiger partial charge in [-0.15, -0.1) is 24.8 Å². The third-order valence-electron chi connectivity index (χ3n) is 3.55. The lowest BCUT2D eigenvalue weighted by atomic mass is 10.3. The summed E-state index contributed by atoms with van der Waals surface area (Å²) in [6.45, 7) is 8.38. The van der Waals surface area contributed by atoms with Gasteiger partial charge in [-0.1, -0.05) is 17.7 Å². The zero-order valence-corrected chi connectivity index (χ0v) is 15.4. The molecule has 2 rings (SSSR count). The molecule has 0 aliphatic carbocycles. The lowest BCUT2D eigenvalue weighted by Gasteiger charge is -2.29. The van der Waals surface area contributed by atoms with Crippen LogP contribution in [0.5, 0.6) is 5.75 Å². The molecule has 128 valence electrons. The first-order chi connectivity index (χ1) is 9.74. The molecule has 22 heavy (non-hydrogen) atoms. The SMILES string of the molecule is CN(CCOc1cccc(Cl)c1)CCN1CCNCC1.Cl.Cl. The van der Waals surface area contributed by atoms with Crippen LogP contribution >= 0.6 is 36.4 Å². The summed E-state index contributed by atoms with van der Waals surface area (Å²) in [6, 6.07) is 7.55. The van der Waals surface area contributed by atoms with E-state index < -0.39 is 0 Å². The number of nitrogens with one attached hydrogen (secondary N) is 1. The molecule has 1 aliphatic heterocycles. The topological polar surface area (TPSA) is 27.7 Å². The molecule has 0 unspecified atom stereocenters. The van der Waals surface area contributed by atoms with Crippen LogP contribution < -0.4 is 10.1 Å². The monoisotopic (exact) mass is 369 g/mol.